The Kier molecular flexibility index (Phi) is 3.35. The maximum atomic E-state index is 13.9. The van der Waals surface area contributed by atoms with Crippen molar-refractivity contribution in [1.29, 1.82) is 0 Å². The van der Waals surface area contributed by atoms with E-state index >= 15 is 0 Å². The van der Waals surface area contributed by atoms with E-state index in [1.807, 2.05) is 50.2 Å². The molecule has 0 unspecified atom stereocenters. The number of nitrogens with zero attached hydrogens (tertiary/aromatic N) is 1. The largest absolute Gasteiger partial charge is 0.274 e. The van der Waals surface area contributed by atoms with E-state index in [1.54, 1.807) is 0 Å². The summed E-state index contributed by atoms with van der Waals surface area (Å²) in [6, 6.07) is 22.7. The third-order valence-corrected chi connectivity index (χ3v) is 7.51. The molecule has 7 rings (SSSR count). The van der Waals surface area contributed by atoms with Crippen LogP contribution in [0.15, 0.2) is 66.7 Å². The fourth-order valence-corrected chi connectivity index (χ4v) is 6.49. The van der Waals surface area contributed by atoms with Gasteiger partial charge in [0.05, 0.1) is 17.5 Å². The Balaban J connectivity index is 1.62. The highest BCUT2D eigenvalue weighted by Crippen LogP contribution is 2.64. The minimum atomic E-state index is -0.507. The highest BCUT2D eigenvalue weighted by atomic mass is 16.2. The summed E-state index contributed by atoms with van der Waals surface area (Å²) < 4.78 is 0. The smallest absolute Gasteiger partial charge is 0.238 e. The second-order valence-corrected chi connectivity index (χ2v) is 9.22. The van der Waals surface area contributed by atoms with Gasteiger partial charge in [-0.05, 0) is 59.4 Å². The molecule has 1 heterocycles. The molecule has 4 aliphatic rings. The maximum absolute atomic E-state index is 13.9. The van der Waals surface area contributed by atoms with E-state index in [1.165, 1.54) is 27.2 Å². The van der Waals surface area contributed by atoms with Gasteiger partial charge in [0.2, 0.25) is 11.8 Å². The highest BCUT2D eigenvalue weighted by Gasteiger charge is 2.66. The van der Waals surface area contributed by atoms with Crippen molar-refractivity contribution >= 4 is 17.5 Å². The lowest BCUT2D eigenvalue weighted by Crippen LogP contribution is -2.51. The number of carbonyl (C=O) groups excluding carboxylic acids is 2. The van der Waals surface area contributed by atoms with Gasteiger partial charge in [-0.2, -0.15) is 0 Å². The highest BCUT2D eigenvalue weighted by molar-refractivity contribution is 6.23. The molecule has 1 fully saturated rings. The van der Waals surface area contributed by atoms with Gasteiger partial charge in [0, 0.05) is 11.3 Å². The van der Waals surface area contributed by atoms with Gasteiger partial charge in [-0.15, -0.1) is 0 Å². The van der Waals surface area contributed by atoms with Crippen molar-refractivity contribution < 1.29 is 9.59 Å². The van der Waals surface area contributed by atoms with Crippen molar-refractivity contribution in [2.45, 2.75) is 32.1 Å². The summed E-state index contributed by atoms with van der Waals surface area (Å²) >= 11 is 0. The topological polar surface area (TPSA) is 37.4 Å². The average molecular weight is 393 g/mol. The summed E-state index contributed by atoms with van der Waals surface area (Å²) in [5.41, 5.74) is 7.09. The van der Waals surface area contributed by atoms with Crippen LogP contribution in [0.1, 0.15) is 46.2 Å². The van der Waals surface area contributed by atoms with E-state index in [2.05, 4.69) is 37.3 Å². The zero-order valence-corrected chi connectivity index (χ0v) is 17.3. The number of anilines is 1. The van der Waals surface area contributed by atoms with Gasteiger partial charge < -0.3 is 0 Å². The first kappa shape index (κ1) is 17.6. The van der Waals surface area contributed by atoms with Crippen LogP contribution >= 0.6 is 0 Å². The van der Waals surface area contributed by atoms with E-state index in [9.17, 15) is 9.59 Å². The molecule has 30 heavy (non-hydrogen) atoms. The van der Waals surface area contributed by atoms with Crippen molar-refractivity contribution in [3.63, 3.8) is 0 Å². The van der Waals surface area contributed by atoms with Gasteiger partial charge >= 0.3 is 0 Å². The SMILES string of the molecule is Cc1cc(C)cc(N2C(=O)[C@H]3C4c5ccccc5C(C)(c5ccccc54)[C@H]3C2=O)c1. The molecule has 0 N–H and O–H groups in total. The van der Waals surface area contributed by atoms with Crippen LogP contribution in [0.5, 0.6) is 0 Å². The number of aryl methyl sites for hydroxylation is 2. The van der Waals surface area contributed by atoms with E-state index in [0.717, 1.165) is 11.1 Å². The summed E-state index contributed by atoms with van der Waals surface area (Å²) in [7, 11) is 0. The van der Waals surface area contributed by atoms with E-state index in [4.69, 9.17) is 0 Å². The maximum Gasteiger partial charge on any atom is 0.238 e. The summed E-state index contributed by atoms with van der Waals surface area (Å²) in [5, 5.41) is 0. The van der Waals surface area contributed by atoms with Crippen LogP contribution in [-0.4, -0.2) is 11.8 Å². The average Bonchev–Trinajstić information content (AvgIpc) is 2.99. The summed E-state index contributed by atoms with van der Waals surface area (Å²) in [6.07, 6.45) is 0. The normalized spacial score (nSPS) is 28.4. The molecule has 0 aromatic heterocycles. The molecule has 3 heteroatoms. The predicted octanol–water partition coefficient (Wildman–Crippen LogP) is 4.87. The molecule has 2 atom stereocenters. The van der Waals surface area contributed by atoms with Crippen molar-refractivity contribution in [2.24, 2.45) is 11.8 Å². The Hall–Kier alpha value is -3.20. The zero-order valence-electron chi connectivity index (χ0n) is 17.3. The monoisotopic (exact) mass is 393 g/mol. The van der Waals surface area contributed by atoms with Crippen LogP contribution < -0.4 is 4.90 Å². The molecule has 3 aromatic carbocycles. The molecule has 1 saturated heterocycles. The number of amides is 2. The lowest BCUT2D eigenvalue weighted by atomic mass is 9.48. The Morgan fingerprint density at radius 2 is 1.30 bits per heavy atom. The molecule has 2 amide bonds. The molecular weight excluding hydrogens is 370 g/mol. The standard InChI is InChI=1S/C27H23NO2/c1-15-12-16(2)14-17(13-15)28-25(29)23-22-18-8-4-6-10-20(18)27(3,24(23)26(28)30)21-11-7-5-9-19(21)22/h4-14,22-24H,1-3H3/t22?,23-,24+,27?/m0/s1. The number of carbonyl (C=O) groups is 2. The first-order valence-electron chi connectivity index (χ1n) is 10.6. The van der Waals surface area contributed by atoms with Gasteiger partial charge in [-0.1, -0.05) is 61.5 Å². The Bertz CT molecular complexity index is 1190. The number of hydrogen-bond donors (Lipinski definition) is 0. The third-order valence-electron chi connectivity index (χ3n) is 7.51. The fraction of sp³-hybridized carbons (Fsp3) is 0.259. The van der Waals surface area contributed by atoms with Crippen LogP contribution in [0, 0.1) is 25.7 Å². The van der Waals surface area contributed by atoms with Crippen LogP contribution in [0.4, 0.5) is 5.69 Å². The lowest BCUT2D eigenvalue weighted by molar-refractivity contribution is -0.123. The predicted molar refractivity (Wildman–Crippen MR) is 117 cm³/mol. The molecule has 3 aliphatic carbocycles. The molecule has 2 bridgehead atoms. The minimum Gasteiger partial charge on any atom is -0.274 e. The Labute approximate surface area is 176 Å². The van der Waals surface area contributed by atoms with Crippen molar-refractivity contribution in [3.8, 4) is 0 Å². The summed E-state index contributed by atoms with van der Waals surface area (Å²) in [4.78, 5) is 29.2. The molecule has 0 spiro atoms. The number of imide groups is 1. The fourth-order valence-electron chi connectivity index (χ4n) is 6.49. The number of hydrogen-bond acceptors (Lipinski definition) is 2. The summed E-state index contributed by atoms with van der Waals surface area (Å²) in [5.74, 6) is -0.924. The number of benzene rings is 3. The van der Waals surface area contributed by atoms with Crippen LogP contribution in [-0.2, 0) is 15.0 Å². The molecule has 3 aromatic rings. The second kappa shape index (κ2) is 5.69. The van der Waals surface area contributed by atoms with Crippen LogP contribution in [0.3, 0.4) is 0 Å². The van der Waals surface area contributed by atoms with E-state index in [-0.39, 0.29) is 29.6 Å². The van der Waals surface area contributed by atoms with Crippen LogP contribution in [0.25, 0.3) is 0 Å². The van der Waals surface area contributed by atoms with Crippen molar-refractivity contribution in [2.75, 3.05) is 4.90 Å². The quantitative estimate of drug-likeness (QED) is 0.553. The molecule has 0 radical (unpaired) electrons. The first-order chi connectivity index (χ1) is 14.4. The van der Waals surface area contributed by atoms with Crippen LogP contribution in [0.2, 0.25) is 0 Å². The molecule has 3 nitrogen and oxygen atoms in total. The molecule has 0 saturated carbocycles. The van der Waals surface area contributed by atoms with Gasteiger partial charge in [-0.3, -0.25) is 9.59 Å². The zero-order chi connectivity index (χ0) is 20.8. The lowest BCUT2D eigenvalue weighted by Gasteiger charge is -2.52. The van der Waals surface area contributed by atoms with Crippen molar-refractivity contribution in [1.82, 2.24) is 0 Å². The van der Waals surface area contributed by atoms with Crippen molar-refractivity contribution in [3.05, 3.63) is 100 Å². The van der Waals surface area contributed by atoms with Gasteiger partial charge in [0.15, 0.2) is 0 Å². The Morgan fingerprint density at radius 1 is 0.767 bits per heavy atom. The minimum absolute atomic E-state index is 0.0600. The molecule has 1 aliphatic heterocycles. The molecular formula is C27H23NO2. The first-order valence-corrected chi connectivity index (χ1v) is 10.6. The van der Waals surface area contributed by atoms with Gasteiger partial charge in [0.25, 0.3) is 0 Å². The van der Waals surface area contributed by atoms with Gasteiger partial charge in [-0.25, -0.2) is 4.90 Å². The molecule has 148 valence electrons. The third kappa shape index (κ3) is 1.95. The second-order valence-electron chi connectivity index (χ2n) is 9.22. The summed E-state index contributed by atoms with van der Waals surface area (Å²) in [6.45, 7) is 6.17. The number of rotatable bonds is 1. The van der Waals surface area contributed by atoms with E-state index in [0.29, 0.717) is 5.69 Å². The Morgan fingerprint density at radius 3 is 1.87 bits per heavy atom. The van der Waals surface area contributed by atoms with E-state index < -0.39 is 5.41 Å². The van der Waals surface area contributed by atoms with Gasteiger partial charge in [0.1, 0.15) is 0 Å².